The monoisotopic (exact) mass is 330 g/mol. The summed E-state index contributed by atoms with van der Waals surface area (Å²) in [6.07, 6.45) is 6.23. The molecule has 3 atom stereocenters. The third-order valence-corrected chi connectivity index (χ3v) is 6.99. The van der Waals surface area contributed by atoms with Crippen molar-refractivity contribution < 1.29 is 4.58 Å². The summed E-state index contributed by atoms with van der Waals surface area (Å²) < 4.78 is 2.50. The summed E-state index contributed by atoms with van der Waals surface area (Å²) in [6.45, 7) is 7.36. The number of aryl methyl sites for hydroxylation is 1. The van der Waals surface area contributed by atoms with Crippen molar-refractivity contribution in [3.05, 3.63) is 35.9 Å². The predicted octanol–water partition coefficient (Wildman–Crippen LogP) is 3.18. The fourth-order valence-corrected chi connectivity index (χ4v) is 6.14. The van der Waals surface area contributed by atoms with Crippen LogP contribution in [0.5, 0.6) is 0 Å². The molecular weight excluding hydrogens is 298 g/mol. The van der Waals surface area contributed by atoms with Gasteiger partial charge < -0.3 is 0 Å². The van der Waals surface area contributed by atoms with E-state index in [-0.39, 0.29) is 0 Å². The Morgan fingerprint density at radius 2 is 1.91 bits per heavy atom. The summed E-state index contributed by atoms with van der Waals surface area (Å²) in [5.41, 5.74) is 7.88. The Morgan fingerprint density at radius 1 is 1.17 bits per heavy atom. The summed E-state index contributed by atoms with van der Waals surface area (Å²) >= 11 is 0. The van der Waals surface area contributed by atoms with E-state index in [0.29, 0.717) is 18.1 Å². The van der Waals surface area contributed by atoms with Crippen molar-refractivity contribution in [1.29, 1.82) is 0 Å². The minimum Gasteiger partial charge on any atom is -0.291 e. The number of benzene rings is 1. The van der Waals surface area contributed by atoms with Gasteiger partial charge in [-0.1, -0.05) is 50.0 Å². The number of guanidine groups is 1. The van der Waals surface area contributed by atoms with Crippen molar-refractivity contribution in [2.24, 2.45) is 5.73 Å². The van der Waals surface area contributed by atoms with Crippen LogP contribution < -0.4 is 11.1 Å². The standard InChI is InChI=1S/C19H31N3Si/c1-23(2,3)14-16-13-18-12-11-17(22(18)19(20)21-16)10-9-15-7-5-4-6-8-15/h4-8,16-18H,9-14H2,1-3H3,(H2,20,21)/p+1/t16?,17-,18+/m0/s1. The van der Waals surface area contributed by atoms with Gasteiger partial charge in [0.05, 0.1) is 18.1 Å². The van der Waals surface area contributed by atoms with Crippen LogP contribution in [0, 0.1) is 0 Å². The quantitative estimate of drug-likeness (QED) is 0.643. The zero-order valence-corrected chi connectivity index (χ0v) is 15.9. The first kappa shape index (κ1) is 16.6. The van der Waals surface area contributed by atoms with E-state index in [4.69, 9.17) is 5.73 Å². The molecule has 3 rings (SSSR count). The lowest BCUT2D eigenvalue weighted by atomic mass is 10.0. The Bertz CT molecular complexity index is 562. The smallest absolute Gasteiger partial charge is 0.291 e. The van der Waals surface area contributed by atoms with Gasteiger partial charge in [-0.3, -0.25) is 15.6 Å². The number of nitrogens with two attached hydrogens (primary N) is 1. The van der Waals surface area contributed by atoms with E-state index in [2.05, 4.69) is 59.9 Å². The SMILES string of the molecule is C[Si](C)(C)CC1C[C@H]2CC[C@H](CCc3ccccc3)[N+]2=C(N)N1. The molecule has 0 amide bonds. The molecule has 23 heavy (non-hydrogen) atoms. The third-order valence-electron chi connectivity index (χ3n) is 5.27. The lowest BCUT2D eigenvalue weighted by Gasteiger charge is -2.31. The first-order chi connectivity index (χ1) is 10.9. The van der Waals surface area contributed by atoms with Crippen molar-refractivity contribution in [2.45, 2.75) is 75.9 Å². The molecule has 0 spiro atoms. The highest BCUT2D eigenvalue weighted by molar-refractivity contribution is 6.76. The Balaban J connectivity index is 1.64. The second-order valence-electron chi connectivity index (χ2n) is 8.54. The van der Waals surface area contributed by atoms with Gasteiger partial charge in [-0.2, -0.15) is 0 Å². The minimum atomic E-state index is -1.04. The number of hydrogen-bond acceptors (Lipinski definition) is 2. The Morgan fingerprint density at radius 3 is 2.61 bits per heavy atom. The lowest BCUT2D eigenvalue weighted by molar-refractivity contribution is -0.587. The van der Waals surface area contributed by atoms with E-state index in [1.807, 2.05) is 0 Å². The molecular formula is C19H32N3Si+. The van der Waals surface area contributed by atoms with E-state index in [9.17, 15) is 0 Å². The fraction of sp³-hybridized carbons (Fsp3) is 0.632. The molecule has 1 aromatic rings. The molecule has 0 radical (unpaired) electrons. The first-order valence-electron chi connectivity index (χ1n) is 9.13. The number of rotatable bonds is 5. The summed E-state index contributed by atoms with van der Waals surface area (Å²) in [6, 6.07) is 14.0. The van der Waals surface area contributed by atoms with Crippen molar-refractivity contribution >= 4 is 14.0 Å². The lowest BCUT2D eigenvalue weighted by Crippen LogP contribution is -2.56. The molecule has 1 aromatic carbocycles. The zero-order chi connectivity index (χ0) is 16.4. The molecule has 2 aliphatic heterocycles. The molecule has 3 nitrogen and oxygen atoms in total. The van der Waals surface area contributed by atoms with Crippen LogP contribution in [0.4, 0.5) is 0 Å². The van der Waals surface area contributed by atoms with E-state index >= 15 is 0 Å². The highest BCUT2D eigenvalue weighted by Gasteiger charge is 2.41. The third kappa shape index (κ3) is 4.17. The predicted molar refractivity (Wildman–Crippen MR) is 101 cm³/mol. The van der Waals surface area contributed by atoms with Gasteiger partial charge in [0, 0.05) is 14.5 Å². The van der Waals surface area contributed by atoms with Crippen molar-refractivity contribution in [1.82, 2.24) is 5.32 Å². The highest BCUT2D eigenvalue weighted by Crippen LogP contribution is 2.30. The van der Waals surface area contributed by atoms with Gasteiger partial charge in [-0.25, -0.2) is 0 Å². The topological polar surface area (TPSA) is 41.1 Å². The molecule has 0 saturated carbocycles. The van der Waals surface area contributed by atoms with E-state index < -0.39 is 8.07 Å². The van der Waals surface area contributed by atoms with Crippen LogP contribution in [-0.2, 0) is 6.42 Å². The van der Waals surface area contributed by atoms with Gasteiger partial charge in [0.15, 0.2) is 0 Å². The Labute approximate surface area is 142 Å². The molecule has 0 aromatic heterocycles. The van der Waals surface area contributed by atoms with E-state index in [0.717, 1.165) is 12.4 Å². The average molecular weight is 331 g/mol. The highest BCUT2D eigenvalue weighted by atomic mass is 28.3. The number of nitrogens with zero attached hydrogens (tertiary/aromatic N) is 1. The maximum atomic E-state index is 6.44. The summed E-state index contributed by atoms with van der Waals surface area (Å²) in [5, 5.41) is 3.63. The number of nitrogens with one attached hydrogen (secondary N) is 1. The first-order valence-corrected chi connectivity index (χ1v) is 12.8. The Kier molecular flexibility index (Phi) is 4.81. The fourth-order valence-electron chi connectivity index (χ4n) is 4.39. The van der Waals surface area contributed by atoms with Crippen LogP contribution in [0.2, 0.25) is 25.7 Å². The molecule has 2 aliphatic rings. The van der Waals surface area contributed by atoms with Crippen LogP contribution in [-0.4, -0.2) is 36.7 Å². The summed E-state index contributed by atoms with van der Waals surface area (Å²) in [7, 11) is -1.04. The average Bonchev–Trinajstić information content (AvgIpc) is 2.88. The molecule has 0 bridgehead atoms. The van der Waals surface area contributed by atoms with Crippen LogP contribution in [0.1, 0.15) is 31.2 Å². The molecule has 3 N–H and O–H groups in total. The summed E-state index contributed by atoms with van der Waals surface area (Å²) in [4.78, 5) is 0. The molecule has 1 fully saturated rings. The second kappa shape index (κ2) is 6.68. The number of fused-ring (bicyclic) bond motifs is 1. The van der Waals surface area contributed by atoms with Crippen LogP contribution in [0.15, 0.2) is 30.3 Å². The van der Waals surface area contributed by atoms with E-state index in [1.165, 1.54) is 37.3 Å². The largest absolute Gasteiger partial charge is 0.344 e. The normalized spacial score (nSPS) is 27.7. The van der Waals surface area contributed by atoms with Crippen molar-refractivity contribution in [3.63, 3.8) is 0 Å². The Hall–Kier alpha value is -1.29. The maximum Gasteiger partial charge on any atom is 0.344 e. The molecule has 1 unspecified atom stereocenters. The molecule has 2 heterocycles. The van der Waals surface area contributed by atoms with Crippen LogP contribution >= 0.6 is 0 Å². The van der Waals surface area contributed by atoms with Gasteiger partial charge in [0.2, 0.25) is 0 Å². The van der Waals surface area contributed by atoms with E-state index in [1.54, 1.807) is 0 Å². The van der Waals surface area contributed by atoms with Gasteiger partial charge in [-0.15, -0.1) is 0 Å². The van der Waals surface area contributed by atoms with Crippen LogP contribution in [0.3, 0.4) is 0 Å². The molecule has 0 aliphatic carbocycles. The number of hydrogen-bond donors (Lipinski definition) is 2. The molecule has 4 heteroatoms. The maximum absolute atomic E-state index is 6.44. The molecule has 126 valence electrons. The van der Waals surface area contributed by atoms with Gasteiger partial charge >= 0.3 is 5.96 Å². The van der Waals surface area contributed by atoms with Crippen molar-refractivity contribution in [2.75, 3.05) is 0 Å². The van der Waals surface area contributed by atoms with Gasteiger partial charge in [-0.05, 0) is 37.3 Å². The minimum absolute atomic E-state index is 0.593. The van der Waals surface area contributed by atoms with Gasteiger partial charge in [0.25, 0.3) is 0 Å². The van der Waals surface area contributed by atoms with Crippen LogP contribution in [0.25, 0.3) is 0 Å². The van der Waals surface area contributed by atoms with Gasteiger partial charge in [0.1, 0.15) is 0 Å². The van der Waals surface area contributed by atoms with Crippen molar-refractivity contribution in [3.8, 4) is 0 Å². The molecule has 1 saturated heterocycles. The zero-order valence-electron chi connectivity index (χ0n) is 14.9. The second-order valence-corrected chi connectivity index (χ2v) is 14.1. The summed E-state index contributed by atoms with van der Waals surface area (Å²) in [5.74, 6) is 0.945.